The quantitative estimate of drug-likeness (QED) is 0.327. The topological polar surface area (TPSA) is 84.7 Å². The second-order valence-corrected chi connectivity index (χ2v) is 10.0. The molecule has 0 bridgehead atoms. The van der Waals surface area contributed by atoms with Crippen LogP contribution in [0.2, 0.25) is 0 Å². The van der Waals surface area contributed by atoms with E-state index in [1.807, 2.05) is 75.5 Å². The number of nitrogens with zero attached hydrogens (tertiary/aromatic N) is 3. The lowest BCUT2D eigenvalue weighted by molar-refractivity contribution is -0.137. The van der Waals surface area contributed by atoms with Gasteiger partial charge in [-0.15, -0.1) is 0 Å². The van der Waals surface area contributed by atoms with Crippen molar-refractivity contribution in [2.45, 2.75) is 33.3 Å². The molecule has 2 aromatic carbocycles. The number of carbonyl (C=O) groups is 2. The minimum absolute atomic E-state index is 0.0455. The van der Waals surface area contributed by atoms with Crippen LogP contribution >= 0.6 is 24.0 Å². The van der Waals surface area contributed by atoms with E-state index in [0.29, 0.717) is 9.23 Å². The zero-order chi connectivity index (χ0) is 25.1. The van der Waals surface area contributed by atoms with E-state index in [2.05, 4.69) is 0 Å². The first-order valence-electron chi connectivity index (χ1n) is 11.1. The van der Waals surface area contributed by atoms with Gasteiger partial charge in [0, 0.05) is 23.9 Å². The molecule has 0 radical (unpaired) electrons. The number of carbonyl (C=O) groups excluding carboxylic acids is 1. The van der Waals surface area contributed by atoms with Crippen LogP contribution in [-0.4, -0.2) is 48.6 Å². The highest BCUT2D eigenvalue weighted by Crippen LogP contribution is 2.36. The highest BCUT2D eigenvalue weighted by molar-refractivity contribution is 8.26. The Morgan fingerprint density at radius 1 is 1.23 bits per heavy atom. The third-order valence-electron chi connectivity index (χ3n) is 5.30. The van der Waals surface area contributed by atoms with Crippen molar-refractivity contribution >= 4 is 46.3 Å². The maximum Gasteiger partial charge on any atom is 0.305 e. The Bertz CT molecular complexity index is 1320. The predicted octanol–water partition coefficient (Wildman–Crippen LogP) is 5.31. The molecule has 1 saturated heterocycles. The fraction of sp³-hybridized carbons (Fsp3) is 0.231. The summed E-state index contributed by atoms with van der Waals surface area (Å²) in [5, 5.41) is 13.8. The zero-order valence-electron chi connectivity index (χ0n) is 19.6. The van der Waals surface area contributed by atoms with E-state index in [0.717, 1.165) is 33.8 Å². The molecule has 3 aromatic rings. The molecule has 1 amide bonds. The van der Waals surface area contributed by atoms with Gasteiger partial charge in [0.25, 0.3) is 5.91 Å². The van der Waals surface area contributed by atoms with Crippen LogP contribution in [0.5, 0.6) is 5.75 Å². The van der Waals surface area contributed by atoms with Crippen LogP contribution in [0.25, 0.3) is 23.0 Å². The molecular weight excluding hydrogens is 482 g/mol. The van der Waals surface area contributed by atoms with Gasteiger partial charge in [0.2, 0.25) is 0 Å². The van der Waals surface area contributed by atoms with Crippen molar-refractivity contribution in [3.05, 3.63) is 70.8 Å². The normalized spacial score (nSPS) is 14.9. The molecule has 9 heteroatoms. The van der Waals surface area contributed by atoms with Crippen LogP contribution in [0.1, 0.15) is 31.4 Å². The number of hydrogen-bond acceptors (Lipinski definition) is 6. The molecule has 180 valence electrons. The Morgan fingerprint density at radius 2 is 1.97 bits per heavy atom. The molecule has 1 aromatic heterocycles. The summed E-state index contributed by atoms with van der Waals surface area (Å²) >= 11 is 6.51. The Morgan fingerprint density at radius 3 is 2.63 bits per heavy atom. The Balaban J connectivity index is 1.76. The number of carboxylic acids is 1. The van der Waals surface area contributed by atoms with Gasteiger partial charge in [0.1, 0.15) is 15.8 Å². The zero-order valence-corrected chi connectivity index (χ0v) is 21.2. The van der Waals surface area contributed by atoms with Crippen molar-refractivity contribution in [2.24, 2.45) is 0 Å². The number of hydrogen-bond donors (Lipinski definition) is 1. The second kappa shape index (κ2) is 10.5. The van der Waals surface area contributed by atoms with Crippen LogP contribution in [0, 0.1) is 6.92 Å². The Hall–Kier alpha value is -3.43. The molecule has 0 atom stereocenters. The number of para-hydroxylation sites is 1. The van der Waals surface area contributed by atoms with E-state index in [9.17, 15) is 9.59 Å². The highest BCUT2D eigenvalue weighted by Gasteiger charge is 2.32. The third kappa shape index (κ3) is 5.63. The van der Waals surface area contributed by atoms with E-state index in [-0.39, 0.29) is 25.0 Å². The fourth-order valence-corrected chi connectivity index (χ4v) is 5.00. The molecule has 7 nitrogen and oxygen atoms in total. The van der Waals surface area contributed by atoms with Crippen LogP contribution in [-0.2, 0) is 9.59 Å². The summed E-state index contributed by atoms with van der Waals surface area (Å²) < 4.78 is 7.96. The van der Waals surface area contributed by atoms with E-state index in [1.54, 1.807) is 10.8 Å². The summed E-state index contributed by atoms with van der Waals surface area (Å²) in [4.78, 5) is 25.7. The summed E-state index contributed by atoms with van der Waals surface area (Å²) in [5.41, 5.74) is 4.28. The average Bonchev–Trinajstić information content (AvgIpc) is 3.33. The van der Waals surface area contributed by atoms with Crippen molar-refractivity contribution in [1.29, 1.82) is 0 Å². The van der Waals surface area contributed by atoms with Crippen molar-refractivity contribution in [3.8, 4) is 22.7 Å². The van der Waals surface area contributed by atoms with Crippen LogP contribution < -0.4 is 4.74 Å². The SMILES string of the molecule is Cc1cc(OC(C)C)ccc1-c1nn(-c2ccccc2)cc1C=C1SC(=S)N(CCC(=O)O)C1=O. The summed E-state index contributed by atoms with van der Waals surface area (Å²) in [6, 6.07) is 15.6. The van der Waals surface area contributed by atoms with E-state index in [4.69, 9.17) is 27.2 Å². The number of aliphatic carboxylic acids is 1. The van der Waals surface area contributed by atoms with Gasteiger partial charge in [-0.05, 0) is 62.7 Å². The molecule has 1 fully saturated rings. The van der Waals surface area contributed by atoms with Crippen LogP contribution in [0.3, 0.4) is 0 Å². The van der Waals surface area contributed by atoms with Crippen molar-refractivity contribution < 1.29 is 19.4 Å². The van der Waals surface area contributed by atoms with Gasteiger partial charge in [0.05, 0.1) is 23.1 Å². The molecule has 2 heterocycles. The highest BCUT2D eigenvalue weighted by atomic mass is 32.2. The van der Waals surface area contributed by atoms with Gasteiger partial charge in [-0.2, -0.15) is 5.10 Å². The van der Waals surface area contributed by atoms with Gasteiger partial charge >= 0.3 is 5.97 Å². The number of aromatic nitrogens is 2. The van der Waals surface area contributed by atoms with Crippen molar-refractivity contribution in [3.63, 3.8) is 0 Å². The minimum Gasteiger partial charge on any atom is -0.491 e. The number of thioether (sulfide) groups is 1. The number of ether oxygens (including phenoxy) is 1. The lowest BCUT2D eigenvalue weighted by Crippen LogP contribution is -2.30. The molecule has 4 rings (SSSR count). The molecule has 0 unspecified atom stereocenters. The Kier molecular flexibility index (Phi) is 7.37. The van der Waals surface area contributed by atoms with Gasteiger partial charge < -0.3 is 9.84 Å². The first-order valence-corrected chi connectivity index (χ1v) is 12.4. The first-order chi connectivity index (χ1) is 16.7. The number of benzene rings is 2. The van der Waals surface area contributed by atoms with E-state index >= 15 is 0 Å². The summed E-state index contributed by atoms with van der Waals surface area (Å²) in [6.07, 6.45) is 3.56. The van der Waals surface area contributed by atoms with Gasteiger partial charge in [-0.1, -0.05) is 42.2 Å². The van der Waals surface area contributed by atoms with Gasteiger partial charge in [-0.3, -0.25) is 14.5 Å². The lowest BCUT2D eigenvalue weighted by Gasteiger charge is -2.12. The van der Waals surface area contributed by atoms with Crippen molar-refractivity contribution in [1.82, 2.24) is 14.7 Å². The Labute approximate surface area is 213 Å². The van der Waals surface area contributed by atoms with E-state index < -0.39 is 5.97 Å². The molecule has 1 aliphatic heterocycles. The summed E-state index contributed by atoms with van der Waals surface area (Å²) in [5.74, 6) is -0.489. The lowest BCUT2D eigenvalue weighted by atomic mass is 10.0. The molecule has 35 heavy (non-hydrogen) atoms. The number of aryl methyl sites for hydroxylation is 1. The first kappa shape index (κ1) is 24.7. The second-order valence-electron chi connectivity index (χ2n) is 8.33. The number of rotatable bonds is 8. The minimum atomic E-state index is -0.977. The van der Waals surface area contributed by atoms with E-state index in [1.165, 1.54) is 16.7 Å². The number of amides is 1. The maximum atomic E-state index is 13.0. The van der Waals surface area contributed by atoms with Crippen LogP contribution in [0.4, 0.5) is 0 Å². The van der Waals surface area contributed by atoms with Crippen LogP contribution in [0.15, 0.2) is 59.6 Å². The third-order valence-corrected chi connectivity index (χ3v) is 6.68. The van der Waals surface area contributed by atoms with Gasteiger partial charge in [-0.25, -0.2) is 4.68 Å². The monoisotopic (exact) mass is 507 g/mol. The fourth-order valence-electron chi connectivity index (χ4n) is 3.70. The molecule has 0 aliphatic carbocycles. The standard InChI is InChI=1S/C26H25N3O4S2/c1-16(2)33-20-9-10-21(17(3)13-20)24-18(15-29(27-24)19-7-5-4-6-8-19)14-22-25(32)28(26(34)35-22)12-11-23(30)31/h4-10,13-16H,11-12H2,1-3H3,(H,30,31). The summed E-state index contributed by atoms with van der Waals surface area (Å²) in [6.45, 7) is 6.01. The molecule has 1 aliphatic rings. The number of thiocarbonyl (C=S) groups is 1. The predicted molar refractivity (Wildman–Crippen MR) is 142 cm³/mol. The molecule has 0 spiro atoms. The van der Waals surface area contributed by atoms with Crippen molar-refractivity contribution in [2.75, 3.05) is 6.54 Å². The molecule has 1 N–H and O–H groups in total. The molecule has 0 saturated carbocycles. The average molecular weight is 508 g/mol. The largest absolute Gasteiger partial charge is 0.491 e. The molecular formula is C26H25N3O4S2. The number of carboxylic acid groups (broad SMARTS) is 1. The van der Waals surface area contributed by atoms with Gasteiger partial charge in [0.15, 0.2) is 0 Å². The smallest absolute Gasteiger partial charge is 0.305 e. The maximum absolute atomic E-state index is 13.0. The summed E-state index contributed by atoms with van der Waals surface area (Å²) in [7, 11) is 0.